The predicted molar refractivity (Wildman–Crippen MR) is 93.2 cm³/mol. The van der Waals surface area contributed by atoms with E-state index < -0.39 is 70.3 Å². The van der Waals surface area contributed by atoms with Gasteiger partial charge in [-0.2, -0.15) is 0 Å². The highest BCUT2D eigenvalue weighted by Crippen LogP contribution is 3.02. The van der Waals surface area contributed by atoms with Gasteiger partial charge in [0.05, 0.1) is 5.75 Å². The van der Waals surface area contributed by atoms with E-state index in [0.29, 0.717) is 0 Å². The Morgan fingerprint density at radius 3 is 2.11 bits per heavy atom. The Kier molecular flexibility index (Phi) is 4.74. The first-order chi connectivity index (χ1) is 12.3. The fourth-order valence-corrected chi connectivity index (χ4v) is 4.88. The molecule has 28 heavy (non-hydrogen) atoms. The molecule has 0 aliphatic rings. The summed E-state index contributed by atoms with van der Waals surface area (Å²) in [6.07, 6.45) is 0. The van der Waals surface area contributed by atoms with Gasteiger partial charge in [-0.15, -0.1) is 0 Å². The highest BCUT2D eigenvalue weighted by Gasteiger charge is 2.65. The second-order valence-corrected chi connectivity index (χ2v) is 10.9. The molecule has 0 fully saturated rings. The number of benzene rings is 2. The van der Waals surface area contributed by atoms with Crippen molar-refractivity contribution in [3.05, 3.63) is 45.9 Å². The highest BCUT2D eigenvalue weighted by molar-refractivity contribution is 9.10. The lowest BCUT2D eigenvalue weighted by Crippen LogP contribution is -2.12. The van der Waals surface area contributed by atoms with E-state index in [1.807, 2.05) is 0 Å². The van der Waals surface area contributed by atoms with Crippen LogP contribution in [0.4, 0.5) is 19.4 Å². The Morgan fingerprint density at radius 1 is 1.04 bits per heavy atom. The van der Waals surface area contributed by atoms with Crippen LogP contribution in [0.15, 0.2) is 44.6 Å². The lowest BCUT2D eigenvalue weighted by atomic mass is 10.1. The molecule has 0 amide bonds. The Bertz CT molecular complexity index is 1100. The van der Waals surface area contributed by atoms with Gasteiger partial charge in [-0.3, -0.25) is 0 Å². The lowest BCUT2D eigenvalue weighted by molar-refractivity contribution is 0.0693. The number of carboxylic acid groups (broad SMARTS) is 1. The third-order valence-corrected chi connectivity index (χ3v) is 6.75. The van der Waals surface area contributed by atoms with E-state index in [4.69, 9.17) is 5.11 Å². The number of aromatic hydroxyl groups is 2. The van der Waals surface area contributed by atoms with Crippen LogP contribution in [0.2, 0.25) is 0 Å². The largest absolute Gasteiger partial charge is 0.507 e. The first-order valence-electron chi connectivity index (χ1n) is 6.86. The Balaban J connectivity index is 2.74. The molecule has 156 valence electrons. The van der Waals surface area contributed by atoms with Crippen LogP contribution in [0.5, 0.6) is 11.5 Å². The number of carboxylic acids is 1. The van der Waals surface area contributed by atoms with Gasteiger partial charge in [-0.1, -0.05) is 35.4 Å². The zero-order chi connectivity index (χ0) is 21.8. The van der Waals surface area contributed by atoms with Gasteiger partial charge in [0.2, 0.25) is 0 Å². The van der Waals surface area contributed by atoms with Crippen molar-refractivity contribution in [1.82, 2.24) is 0 Å². The summed E-state index contributed by atoms with van der Waals surface area (Å²) in [6, 6.07) is 2.31. The molecule has 0 aromatic heterocycles. The van der Waals surface area contributed by atoms with Gasteiger partial charge < -0.3 is 15.3 Å². The van der Waals surface area contributed by atoms with Crippen molar-refractivity contribution in [2.24, 2.45) is 0 Å². The highest BCUT2D eigenvalue weighted by atomic mass is 79.9. The van der Waals surface area contributed by atoms with Crippen molar-refractivity contribution >= 4 is 42.0 Å². The summed E-state index contributed by atoms with van der Waals surface area (Å²) >= 11 is 2.93. The van der Waals surface area contributed by atoms with Gasteiger partial charge in [0, 0.05) is 10.0 Å². The third-order valence-electron chi connectivity index (χ3n) is 3.44. The zero-order valence-electron chi connectivity index (χ0n) is 13.2. The minimum Gasteiger partial charge on any atom is -0.507 e. The van der Waals surface area contributed by atoms with Gasteiger partial charge in [0.15, 0.2) is 9.84 Å². The van der Waals surface area contributed by atoms with Crippen molar-refractivity contribution < 1.29 is 48.0 Å². The number of rotatable bonds is 5. The molecule has 0 aliphatic carbocycles. The molecule has 3 N–H and O–H groups in total. The van der Waals surface area contributed by atoms with E-state index in [1.165, 1.54) is 6.07 Å². The van der Waals surface area contributed by atoms with Crippen molar-refractivity contribution in [3.63, 3.8) is 0 Å². The number of hydrogen-bond acceptors (Lipinski definition) is 5. The van der Waals surface area contributed by atoms with Crippen LogP contribution < -0.4 is 0 Å². The van der Waals surface area contributed by atoms with E-state index in [-0.39, 0.29) is 10.5 Å². The van der Waals surface area contributed by atoms with Gasteiger partial charge in [0.1, 0.15) is 26.9 Å². The average molecular weight is 513 g/mol. The standard InChI is InChI=1S/C14H10BrF5O6S2/c15-8-1-2-11(21)12(4-8)27(25,26)6-7-3-9(28(16,17,18,19)20)5-10(13(7)22)14(23)24/h1-5,21-22H,6H2,(H,23,24). The number of sulfone groups is 1. The summed E-state index contributed by atoms with van der Waals surface area (Å²) in [5.74, 6) is -5.86. The van der Waals surface area contributed by atoms with Gasteiger partial charge in [-0.25, -0.2) is 13.2 Å². The number of phenolic OH excluding ortho intramolecular Hbond substituents is 1. The number of aromatic carboxylic acids is 1. The second-order valence-electron chi connectivity index (χ2n) is 5.62. The molecule has 0 heterocycles. The number of phenols is 2. The summed E-state index contributed by atoms with van der Waals surface area (Å²) in [5.41, 5.74) is -2.77. The van der Waals surface area contributed by atoms with Crippen LogP contribution in [0.1, 0.15) is 15.9 Å². The fraction of sp³-hybridized carbons (Fsp3) is 0.0714. The Labute approximate surface area is 163 Å². The fourth-order valence-electron chi connectivity index (χ4n) is 2.18. The monoisotopic (exact) mass is 512 g/mol. The first-order valence-corrected chi connectivity index (χ1v) is 11.3. The number of halogens is 6. The maximum Gasteiger partial charge on any atom is 0.339 e. The Hall–Kier alpha value is -2.06. The minimum atomic E-state index is -10.4. The number of carbonyl (C=O) groups is 1. The molecule has 0 saturated carbocycles. The van der Waals surface area contributed by atoms with E-state index in [0.717, 1.165) is 12.1 Å². The molecular formula is C14H10BrF5O6S2. The molecule has 2 rings (SSSR count). The van der Waals surface area contributed by atoms with Crippen LogP contribution in [0, 0.1) is 0 Å². The quantitative estimate of drug-likeness (QED) is 0.475. The first kappa shape index (κ1) is 22.2. The maximum atomic E-state index is 13.1. The molecular weight excluding hydrogens is 503 g/mol. The average Bonchev–Trinajstić information content (AvgIpc) is 2.48. The number of hydrogen-bond donors (Lipinski definition) is 3. The smallest absolute Gasteiger partial charge is 0.339 e. The predicted octanol–water partition coefficient (Wildman–Crippen LogP) is 5.19. The van der Waals surface area contributed by atoms with Gasteiger partial charge >= 0.3 is 16.2 Å². The molecule has 0 saturated heterocycles. The molecule has 6 nitrogen and oxygen atoms in total. The third kappa shape index (κ3) is 4.67. The van der Waals surface area contributed by atoms with Crippen LogP contribution in [0.3, 0.4) is 0 Å². The molecule has 2 aromatic rings. The molecule has 0 spiro atoms. The van der Waals surface area contributed by atoms with E-state index in [9.17, 15) is 42.9 Å². The molecule has 0 unspecified atom stereocenters. The summed E-state index contributed by atoms with van der Waals surface area (Å²) in [7, 11) is -15.1. The van der Waals surface area contributed by atoms with Crippen molar-refractivity contribution in [2.75, 3.05) is 0 Å². The van der Waals surface area contributed by atoms with Crippen LogP contribution in [-0.4, -0.2) is 29.7 Å². The van der Waals surface area contributed by atoms with Gasteiger partial charge in [0.25, 0.3) is 0 Å². The van der Waals surface area contributed by atoms with Crippen LogP contribution in [-0.2, 0) is 15.6 Å². The molecule has 0 bridgehead atoms. The van der Waals surface area contributed by atoms with Crippen molar-refractivity contribution in [2.45, 2.75) is 15.5 Å². The van der Waals surface area contributed by atoms with Crippen molar-refractivity contribution in [1.29, 1.82) is 0 Å². The molecule has 0 radical (unpaired) electrons. The summed E-state index contributed by atoms with van der Waals surface area (Å²) in [4.78, 5) is 7.61. The Morgan fingerprint density at radius 2 is 1.61 bits per heavy atom. The zero-order valence-corrected chi connectivity index (χ0v) is 16.5. The minimum absolute atomic E-state index is 0.167. The van der Waals surface area contributed by atoms with Crippen LogP contribution >= 0.6 is 26.2 Å². The van der Waals surface area contributed by atoms with E-state index in [2.05, 4.69) is 15.9 Å². The summed E-state index contributed by atoms with van der Waals surface area (Å²) < 4.78 is 90.6. The SMILES string of the molecule is O=C(O)c1cc(S(F)(F)(F)(F)F)cc(CS(=O)(=O)c2cc(Br)ccc2O)c1O. The normalized spacial score (nSPS) is 14.9. The van der Waals surface area contributed by atoms with Crippen molar-refractivity contribution in [3.8, 4) is 11.5 Å². The summed E-state index contributed by atoms with van der Waals surface area (Å²) in [5, 5.41) is 28.4. The lowest BCUT2D eigenvalue weighted by Gasteiger charge is -2.40. The molecule has 0 aliphatic heterocycles. The van der Waals surface area contributed by atoms with E-state index in [1.54, 1.807) is 0 Å². The van der Waals surface area contributed by atoms with E-state index >= 15 is 0 Å². The molecule has 14 heteroatoms. The topological polar surface area (TPSA) is 112 Å². The van der Waals surface area contributed by atoms with Crippen LogP contribution in [0.25, 0.3) is 0 Å². The molecule has 0 atom stereocenters. The maximum absolute atomic E-state index is 13.1. The second kappa shape index (κ2) is 5.97. The summed E-state index contributed by atoms with van der Waals surface area (Å²) in [6.45, 7) is 0. The van der Waals surface area contributed by atoms with Gasteiger partial charge in [-0.05, 0) is 30.3 Å². The molecule has 2 aromatic carbocycles.